The van der Waals surface area contributed by atoms with Gasteiger partial charge in [0.05, 0.1) is 27.5 Å². The van der Waals surface area contributed by atoms with Crippen molar-refractivity contribution in [2.75, 3.05) is 50.8 Å². The van der Waals surface area contributed by atoms with Crippen molar-refractivity contribution in [2.45, 2.75) is 27.5 Å². The standard InChI is InChI=1S/C16H34S20/c17-1-25-11(26-2-18)14(31-7-23)33-9-35-16(13(29-5-21)30-6-22)36-10-34-15(32-8-24)12(27-3-19)28-4-20/h11-24H,1-10H2. The van der Waals surface area contributed by atoms with Crippen molar-refractivity contribution in [3.8, 4) is 0 Å². The zero-order chi connectivity index (χ0) is 27.0. The van der Waals surface area contributed by atoms with E-state index < -0.39 is 0 Å². The molecule has 0 spiro atoms. The number of hydrogen-bond acceptors (Lipinski definition) is 20. The van der Waals surface area contributed by atoms with Crippen LogP contribution >= 0.6 is 242 Å². The largest absolute Gasteiger partial charge is 0.168 e. The third-order valence-electron chi connectivity index (χ3n) is 3.51. The second-order valence-corrected chi connectivity index (χ2v) is 27.5. The minimum absolute atomic E-state index is 0.451. The summed E-state index contributed by atoms with van der Waals surface area (Å²) >= 11 is 59.4. The lowest BCUT2D eigenvalue weighted by atomic mass is 10.9. The van der Waals surface area contributed by atoms with Crippen molar-refractivity contribution in [1.82, 2.24) is 0 Å². The minimum Gasteiger partial charge on any atom is -0.168 e. The number of rotatable bonds is 27. The summed E-state index contributed by atoms with van der Waals surface area (Å²) in [5.41, 5.74) is 0. The molecule has 0 N–H and O–H groups in total. The first-order valence-electron chi connectivity index (χ1n) is 9.82. The quantitative estimate of drug-likeness (QED) is 0.0293. The van der Waals surface area contributed by atoms with Crippen molar-refractivity contribution in [3.63, 3.8) is 0 Å². The van der Waals surface area contributed by atoms with E-state index in [2.05, 4.69) is 125 Å². The topological polar surface area (TPSA) is 0 Å². The van der Waals surface area contributed by atoms with Gasteiger partial charge in [0, 0.05) is 50.8 Å². The van der Waals surface area contributed by atoms with E-state index in [4.69, 9.17) is 0 Å². The summed E-state index contributed by atoms with van der Waals surface area (Å²) in [6.45, 7) is 0. The Kier molecular flexibility index (Phi) is 38.2. The van der Waals surface area contributed by atoms with E-state index in [1.165, 1.54) is 0 Å². The average molecular weight is 868 g/mol. The smallest absolute Gasteiger partial charge is 0.0729 e. The van der Waals surface area contributed by atoms with Crippen molar-refractivity contribution in [2.24, 2.45) is 0 Å². The van der Waals surface area contributed by atoms with Crippen LogP contribution in [0.3, 0.4) is 0 Å². The third kappa shape index (κ3) is 21.7. The van der Waals surface area contributed by atoms with Crippen LogP contribution in [0.5, 0.6) is 0 Å². The Bertz CT molecular complexity index is 411. The number of thiol groups is 8. The maximum absolute atomic E-state index is 4.53. The predicted molar refractivity (Wildman–Crippen MR) is 234 cm³/mol. The van der Waals surface area contributed by atoms with Crippen LogP contribution in [-0.2, 0) is 0 Å². The van der Waals surface area contributed by atoms with Crippen LogP contribution in [0.4, 0.5) is 0 Å². The van der Waals surface area contributed by atoms with Crippen molar-refractivity contribution in [3.05, 3.63) is 0 Å². The fourth-order valence-corrected chi connectivity index (χ4v) is 25.9. The van der Waals surface area contributed by atoms with Crippen molar-refractivity contribution in [1.29, 1.82) is 0 Å². The van der Waals surface area contributed by atoms with Gasteiger partial charge < -0.3 is 0 Å². The molecule has 0 amide bonds. The molecule has 36 heavy (non-hydrogen) atoms. The molecule has 0 aromatic heterocycles. The van der Waals surface area contributed by atoms with Crippen LogP contribution in [0.15, 0.2) is 0 Å². The summed E-state index contributed by atoms with van der Waals surface area (Å²) in [6, 6.07) is 0. The molecule has 0 aromatic carbocycles. The highest BCUT2D eigenvalue weighted by Gasteiger charge is 2.28. The second kappa shape index (κ2) is 32.0. The Morgan fingerprint density at radius 3 is 0.556 bits per heavy atom. The summed E-state index contributed by atoms with van der Waals surface area (Å²) in [7, 11) is 0. The van der Waals surface area contributed by atoms with Crippen LogP contribution in [0.2, 0.25) is 0 Å². The zero-order valence-corrected chi connectivity index (χ0v) is 36.0. The van der Waals surface area contributed by atoms with Crippen LogP contribution in [-0.4, -0.2) is 78.3 Å². The molecule has 2 unspecified atom stereocenters. The van der Waals surface area contributed by atoms with Gasteiger partial charge in [-0.3, -0.25) is 0 Å². The lowest BCUT2D eigenvalue weighted by molar-refractivity contribution is 1.35. The van der Waals surface area contributed by atoms with E-state index in [9.17, 15) is 0 Å². The number of hydrogen-bond donors (Lipinski definition) is 8. The summed E-state index contributed by atoms with van der Waals surface area (Å²) in [4.78, 5) is 0. The molecule has 0 bridgehead atoms. The fourth-order valence-electron chi connectivity index (χ4n) is 2.17. The molecular weight excluding hydrogens is 834 g/mol. The summed E-state index contributed by atoms with van der Waals surface area (Å²) < 4.78 is 2.76. The van der Waals surface area contributed by atoms with E-state index in [-0.39, 0.29) is 0 Å². The fraction of sp³-hybridized carbons (Fsp3) is 1.00. The van der Waals surface area contributed by atoms with Crippen LogP contribution < -0.4 is 0 Å². The van der Waals surface area contributed by atoms with Crippen molar-refractivity contribution >= 4 is 242 Å². The first-order valence-corrected chi connectivity index (χ1v) is 27.5. The Morgan fingerprint density at radius 2 is 0.389 bits per heavy atom. The summed E-state index contributed by atoms with van der Waals surface area (Å²) in [5, 5.41) is 8.65. The molecule has 0 aliphatic rings. The lowest BCUT2D eigenvalue weighted by Gasteiger charge is -2.28. The molecule has 0 saturated carbocycles. The third-order valence-corrected chi connectivity index (χ3v) is 24.6. The maximum Gasteiger partial charge on any atom is 0.0729 e. The molecule has 0 aliphatic carbocycles. The predicted octanol–water partition coefficient (Wildman–Crippen LogP) is 10.8. The molecule has 2 atom stereocenters. The monoisotopic (exact) mass is 866 g/mol. The van der Waals surface area contributed by atoms with Crippen molar-refractivity contribution < 1.29 is 0 Å². The molecule has 0 fully saturated rings. The van der Waals surface area contributed by atoms with Gasteiger partial charge in [-0.25, -0.2) is 0 Å². The molecule has 218 valence electrons. The Hall–Kier alpha value is 7.00. The van der Waals surface area contributed by atoms with Crippen LogP contribution in [0.25, 0.3) is 0 Å². The maximum atomic E-state index is 4.53. The van der Waals surface area contributed by atoms with Gasteiger partial charge in [-0.2, -0.15) is 101 Å². The van der Waals surface area contributed by atoms with Gasteiger partial charge in [-0.05, 0) is 0 Å². The molecular formula is C16H34S20. The first kappa shape index (κ1) is 43.0. The van der Waals surface area contributed by atoms with E-state index in [1.807, 2.05) is 118 Å². The zero-order valence-electron chi connectivity index (χ0n) is 19.0. The van der Waals surface area contributed by atoms with E-state index in [1.54, 1.807) is 0 Å². The van der Waals surface area contributed by atoms with Gasteiger partial charge in [0.15, 0.2) is 0 Å². The molecule has 0 rings (SSSR count). The molecule has 0 saturated heterocycles. The van der Waals surface area contributed by atoms with Crippen LogP contribution in [0, 0.1) is 0 Å². The normalized spacial score (nSPS) is 14.8. The molecule has 0 heterocycles. The van der Waals surface area contributed by atoms with E-state index in [0.717, 1.165) is 50.8 Å². The average Bonchev–Trinajstić information content (AvgIpc) is 2.86. The number of thioether (sulfide) groups is 12. The molecule has 0 nitrogen and oxygen atoms in total. The lowest BCUT2D eigenvalue weighted by Crippen LogP contribution is -2.18. The molecule has 0 aliphatic heterocycles. The first-order chi connectivity index (χ1) is 17.6. The highest BCUT2D eigenvalue weighted by molar-refractivity contribution is 8.35. The Balaban J connectivity index is 5.22. The Labute approximate surface area is 315 Å². The molecule has 0 radical (unpaired) electrons. The molecule has 0 aromatic rings. The van der Waals surface area contributed by atoms with E-state index in [0.29, 0.717) is 27.5 Å². The van der Waals surface area contributed by atoms with Gasteiger partial charge in [0.2, 0.25) is 0 Å². The summed E-state index contributed by atoms with van der Waals surface area (Å²) in [6.07, 6.45) is 0. The van der Waals surface area contributed by atoms with Gasteiger partial charge >= 0.3 is 0 Å². The van der Waals surface area contributed by atoms with E-state index >= 15 is 0 Å². The highest BCUT2D eigenvalue weighted by Crippen LogP contribution is 2.48. The SMILES string of the molecule is SCSC(SCS)C(SCS)SCSC(SCSC(SCS)C(SCS)SCS)C(SCS)SCS. The summed E-state index contributed by atoms with van der Waals surface area (Å²) in [5.74, 6) is 0. The highest BCUT2D eigenvalue weighted by atomic mass is 32.3. The minimum atomic E-state index is 0.451. The van der Waals surface area contributed by atoms with Gasteiger partial charge in [-0.1, -0.05) is 0 Å². The van der Waals surface area contributed by atoms with Gasteiger partial charge in [-0.15, -0.1) is 141 Å². The van der Waals surface area contributed by atoms with Gasteiger partial charge in [0.1, 0.15) is 0 Å². The van der Waals surface area contributed by atoms with Crippen LogP contribution in [0.1, 0.15) is 0 Å². The molecule has 20 heteroatoms. The van der Waals surface area contributed by atoms with Gasteiger partial charge in [0.25, 0.3) is 0 Å². The Morgan fingerprint density at radius 1 is 0.250 bits per heavy atom. The second-order valence-electron chi connectivity index (χ2n) is 5.48.